The summed E-state index contributed by atoms with van der Waals surface area (Å²) in [7, 11) is 0. The molecule has 0 aliphatic carbocycles. The van der Waals surface area contributed by atoms with Crippen molar-refractivity contribution in [3.63, 3.8) is 0 Å². The molecule has 20 heavy (non-hydrogen) atoms. The summed E-state index contributed by atoms with van der Waals surface area (Å²) in [5, 5.41) is 3.98. The van der Waals surface area contributed by atoms with Crippen LogP contribution in [0.3, 0.4) is 0 Å². The standard InChI is InChI=1S/C14H14Cl2FN3/c1-3-18-14-13(17)8(2)19-12(20-14)7-9-10(15)5-4-6-11(9)16/h4-6H,3,7H2,1-2H3,(H,18,19,20). The van der Waals surface area contributed by atoms with Crippen LogP contribution < -0.4 is 5.32 Å². The molecule has 0 saturated heterocycles. The highest BCUT2D eigenvalue weighted by Crippen LogP contribution is 2.26. The monoisotopic (exact) mass is 313 g/mol. The van der Waals surface area contributed by atoms with E-state index in [1.165, 1.54) is 0 Å². The minimum absolute atomic E-state index is 0.207. The zero-order chi connectivity index (χ0) is 14.7. The molecule has 0 amide bonds. The van der Waals surface area contributed by atoms with E-state index in [1.807, 2.05) is 6.92 Å². The highest BCUT2D eigenvalue weighted by atomic mass is 35.5. The molecule has 0 bridgehead atoms. The SMILES string of the molecule is CCNc1nc(Cc2c(Cl)cccc2Cl)nc(C)c1F. The Morgan fingerprint density at radius 3 is 2.45 bits per heavy atom. The topological polar surface area (TPSA) is 37.8 Å². The minimum atomic E-state index is -0.430. The maximum atomic E-state index is 13.8. The summed E-state index contributed by atoms with van der Waals surface area (Å²) in [6.07, 6.45) is 0.359. The van der Waals surface area contributed by atoms with E-state index in [1.54, 1.807) is 25.1 Å². The van der Waals surface area contributed by atoms with Crippen molar-refractivity contribution < 1.29 is 4.39 Å². The first kappa shape index (κ1) is 15.0. The van der Waals surface area contributed by atoms with Gasteiger partial charge in [-0.25, -0.2) is 14.4 Å². The Morgan fingerprint density at radius 2 is 1.85 bits per heavy atom. The number of hydrogen-bond donors (Lipinski definition) is 1. The van der Waals surface area contributed by atoms with Crippen molar-refractivity contribution >= 4 is 29.0 Å². The summed E-state index contributed by atoms with van der Waals surface area (Å²) in [4.78, 5) is 8.34. The van der Waals surface area contributed by atoms with Gasteiger partial charge >= 0.3 is 0 Å². The van der Waals surface area contributed by atoms with Crippen LogP contribution in [0, 0.1) is 12.7 Å². The van der Waals surface area contributed by atoms with Gasteiger partial charge in [0.1, 0.15) is 5.82 Å². The van der Waals surface area contributed by atoms with Gasteiger partial charge in [0.15, 0.2) is 11.6 Å². The molecule has 1 heterocycles. The van der Waals surface area contributed by atoms with Crippen LogP contribution in [0.25, 0.3) is 0 Å². The molecule has 0 radical (unpaired) electrons. The van der Waals surface area contributed by atoms with E-state index in [0.717, 1.165) is 5.56 Å². The second kappa shape index (κ2) is 6.37. The molecule has 1 aromatic heterocycles. The van der Waals surface area contributed by atoms with Gasteiger partial charge in [-0.1, -0.05) is 29.3 Å². The number of aromatic nitrogens is 2. The zero-order valence-electron chi connectivity index (χ0n) is 11.2. The second-order valence-corrected chi connectivity index (χ2v) is 5.11. The van der Waals surface area contributed by atoms with Gasteiger partial charge in [0.2, 0.25) is 0 Å². The molecule has 106 valence electrons. The van der Waals surface area contributed by atoms with Crippen LogP contribution in [-0.2, 0) is 6.42 Å². The summed E-state index contributed by atoms with van der Waals surface area (Å²) in [5.41, 5.74) is 1.04. The fourth-order valence-corrected chi connectivity index (χ4v) is 2.37. The van der Waals surface area contributed by atoms with Crippen molar-refractivity contribution in [1.29, 1.82) is 0 Å². The van der Waals surface area contributed by atoms with Gasteiger partial charge in [-0.3, -0.25) is 0 Å². The lowest BCUT2D eigenvalue weighted by atomic mass is 10.1. The summed E-state index contributed by atoms with van der Waals surface area (Å²) in [5.74, 6) is 0.258. The Bertz CT molecular complexity index is 612. The number of nitrogens with one attached hydrogen (secondary N) is 1. The van der Waals surface area contributed by atoms with E-state index in [9.17, 15) is 4.39 Å². The van der Waals surface area contributed by atoms with E-state index < -0.39 is 5.82 Å². The third kappa shape index (κ3) is 3.19. The average molecular weight is 314 g/mol. The van der Waals surface area contributed by atoms with Crippen LogP contribution in [0.15, 0.2) is 18.2 Å². The highest BCUT2D eigenvalue weighted by Gasteiger charge is 2.13. The van der Waals surface area contributed by atoms with Crippen molar-refractivity contribution in [2.45, 2.75) is 20.3 Å². The summed E-state index contributed by atoms with van der Waals surface area (Å²) >= 11 is 12.2. The number of nitrogens with zero attached hydrogens (tertiary/aromatic N) is 2. The molecule has 2 aromatic rings. The molecule has 3 nitrogen and oxygen atoms in total. The molecule has 0 atom stereocenters. The van der Waals surface area contributed by atoms with Crippen molar-refractivity contribution in [2.75, 3.05) is 11.9 Å². The van der Waals surface area contributed by atoms with Gasteiger partial charge in [-0.15, -0.1) is 0 Å². The fraction of sp³-hybridized carbons (Fsp3) is 0.286. The van der Waals surface area contributed by atoms with Crippen LogP contribution in [0.2, 0.25) is 10.0 Å². The maximum absolute atomic E-state index is 13.8. The van der Waals surface area contributed by atoms with Gasteiger partial charge in [-0.2, -0.15) is 0 Å². The summed E-state index contributed by atoms with van der Waals surface area (Å²) in [6, 6.07) is 5.28. The lowest BCUT2D eigenvalue weighted by Crippen LogP contribution is -2.09. The Morgan fingerprint density at radius 1 is 1.20 bits per heavy atom. The zero-order valence-corrected chi connectivity index (χ0v) is 12.7. The number of rotatable bonds is 4. The maximum Gasteiger partial charge on any atom is 0.186 e. The summed E-state index contributed by atoms with van der Waals surface area (Å²) < 4.78 is 13.8. The molecule has 6 heteroatoms. The second-order valence-electron chi connectivity index (χ2n) is 4.30. The minimum Gasteiger partial charge on any atom is -0.368 e. The van der Waals surface area contributed by atoms with Crippen LogP contribution in [-0.4, -0.2) is 16.5 Å². The van der Waals surface area contributed by atoms with E-state index in [2.05, 4.69) is 15.3 Å². The first-order valence-corrected chi connectivity index (χ1v) is 6.98. The largest absolute Gasteiger partial charge is 0.368 e. The number of benzene rings is 1. The van der Waals surface area contributed by atoms with Gasteiger partial charge in [0.25, 0.3) is 0 Å². The van der Waals surface area contributed by atoms with Gasteiger partial charge < -0.3 is 5.32 Å². The van der Waals surface area contributed by atoms with E-state index >= 15 is 0 Å². The normalized spacial score (nSPS) is 10.7. The smallest absolute Gasteiger partial charge is 0.186 e. The molecular formula is C14H14Cl2FN3. The molecule has 0 saturated carbocycles. The number of aryl methyl sites for hydroxylation is 1. The molecule has 2 rings (SSSR count). The first-order valence-electron chi connectivity index (χ1n) is 6.22. The number of anilines is 1. The molecule has 0 unspecified atom stereocenters. The first-order chi connectivity index (χ1) is 9.52. The van der Waals surface area contributed by atoms with E-state index in [4.69, 9.17) is 23.2 Å². The van der Waals surface area contributed by atoms with Crippen molar-refractivity contribution in [3.8, 4) is 0 Å². The fourth-order valence-electron chi connectivity index (χ4n) is 1.84. The van der Waals surface area contributed by atoms with E-state index in [0.29, 0.717) is 34.5 Å². The highest BCUT2D eigenvalue weighted by molar-refractivity contribution is 6.36. The molecular weight excluding hydrogens is 300 g/mol. The number of hydrogen-bond acceptors (Lipinski definition) is 3. The molecule has 0 spiro atoms. The third-order valence-corrected chi connectivity index (χ3v) is 3.51. The van der Waals surface area contributed by atoms with Crippen molar-refractivity contribution in [3.05, 3.63) is 51.1 Å². The van der Waals surface area contributed by atoms with Crippen LogP contribution in [0.5, 0.6) is 0 Å². The lowest BCUT2D eigenvalue weighted by molar-refractivity contribution is 0.601. The molecule has 1 aromatic carbocycles. The van der Waals surface area contributed by atoms with E-state index in [-0.39, 0.29) is 5.82 Å². The predicted molar refractivity (Wildman–Crippen MR) is 80.2 cm³/mol. The molecule has 0 aliphatic heterocycles. The average Bonchev–Trinajstić information content (AvgIpc) is 2.40. The number of halogens is 3. The van der Waals surface area contributed by atoms with Gasteiger partial charge in [0.05, 0.1) is 5.69 Å². The predicted octanol–water partition coefficient (Wildman–Crippen LogP) is 4.25. The molecule has 1 N–H and O–H groups in total. The summed E-state index contributed by atoms with van der Waals surface area (Å²) in [6.45, 7) is 4.07. The Balaban J connectivity index is 2.39. The Hall–Kier alpha value is -1.39. The van der Waals surface area contributed by atoms with Crippen LogP contribution in [0.4, 0.5) is 10.2 Å². The Kier molecular flexibility index (Phi) is 4.78. The van der Waals surface area contributed by atoms with Gasteiger partial charge in [0, 0.05) is 23.0 Å². The van der Waals surface area contributed by atoms with Gasteiger partial charge in [-0.05, 0) is 31.5 Å². The van der Waals surface area contributed by atoms with Crippen molar-refractivity contribution in [1.82, 2.24) is 9.97 Å². The molecule has 0 aliphatic rings. The van der Waals surface area contributed by atoms with Crippen LogP contribution in [0.1, 0.15) is 24.0 Å². The Labute approximate surface area is 127 Å². The lowest BCUT2D eigenvalue weighted by Gasteiger charge is -2.10. The van der Waals surface area contributed by atoms with Crippen LogP contribution >= 0.6 is 23.2 Å². The molecule has 0 fully saturated rings. The quantitative estimate of drug-likeness (QED) is 0.916. The van der Waals surface area contributed by atoms with Crippen molar-refractivity contribution in [2.24, 2.45) is 0 Å². The third-order valence-electron chi connectivity index (χ3n) is 2.80.